The van der Waals surface area contributed by atoms with Crippen LogP contribution in [-0.2, 0) is 0 Å². The van der Waals surface area contributed by atoms with Gasteiger partial charge in [0.2, 0.25) is 0 Å². The predicted octanol–water partition coefficient (Wildman–Crippen LogP) is 4.42. The molecular formula is C21H21N5OS. The first kappa shape index (κ1) is 18.3. The number of nitrogens with zero attached hydrogens (tertiary/aromatic N) is 5. The zero-order valence-corrected chi connectivity index (χ0v) is 16.7. The molecule has 6 nitrogen and oxygen atoms in total. The third-order valence-corrected chi connectivity index (χ3v) is 5.52. The number of amides is 1. The molecule has 0 N–H and O–H groups in total. The lowest BCUT2D eigenvalue weighted by Crippen LogP contribution is -2.28. The van der Waals surface area contributed by atoms with Crippen molar-refractivity contribution in [1.82, 2.24) is 24.6 Å². The van der Waals surface area contributed by atoms with Crippen LogP contribution in [0.4, 0.5) is 0 Å². The summed E-state index contributed by atoms with van der Waals surface area (Å²) < 4.78 is 1.66. The summed E-state index contributed by atoms with van der Waals surface area (Å²) in [5.41, 5.74) is 2.02. The number of thiophene rings is 1. The average Bonchev–Trinajstić information content (AvgIpc) is 3.40. The second-order valence-corrected chi connectivity index (χ2v) is 7.51. The number of hydrogen-bond acceptors (Lipinski definition) is 5. The molecule has 7 heteroatoms. The van der Waals surface area contributed by atoms with Crippen LogP contribution in [0.25, 0.3) is 27.3 Å². The molecule has 0 radical (unpaired) electrons. The Bertz CT molecular complexity index is 1090. The third-order valence-electron chi connectivity index (χ3n) is 4.62. The van der Waals surface area contributed by atoms with Crippen molar-refractivity contribution < 1.29 is 4.79 Å². The Balaban J connectivity index is 1.94. The molecule has 28 heavy (non-hydrogen) atoms. The second kappa shape index (κ2) is 7.90. The van der Waals surface area contributed by atoms with E-state index in [0.29, 0.717) is 23.7 Å². The van der Waals surface area contributed by atoms with Gasteiger partial charge in [0.15, 0.2) is 17.2 Å². The molecule has 0 saturated carbocycles. The summed E-state index contributed by atoms with van der Waals surface area (Å²) in [6.45, 7) is 2.81. The zero-order chi connectivity index (χ0) is 19.5. The van der Waals surface area contributed by atoms with E-state index in [1.165, 1.54) is 0 Å². The number of rotatable bonds is 6. The fraction of sp³-hybridized carbons (Fsp3) is 0.238. The van der Waals surface area contributed by atoms with Gasteiger partial charge in [-0.25, -0.2) is 9.97 Å². The molecule has 0 saturated heterocycles. The third kappa shape index (κ3) is 3.29. The quantitative estimate of drug-likeness (QED) is 0.488. The van der Waals surface area contributed by atoms with Crippen LogP contribution in [-0.4, -0.2) is 44.1 Å². The van der Waals surface area contributed by atoms with Crippen molar-refractivity contribution in [2.45, 2.75) is 19.8 Å². The molecule has 0 aliphatic rings. The van der Waals surface area contributed by atoms with E-state index in [9.17, 15) is 4.79 Å². The molecule has 142 valence electrons. The molecule has 4 rings (SSSR count). The fourth-order valence-corrected chi connectivity index (χ4v) is 3.90. The van der Waals surface area contributed by atoms with Gasteiger partial charge in [-0.3, -0.25) is 4.79 Å². The van der Waals surface area contributed by atoms with Gasteiger partial charge in [0.05, 0.1) is 5.39 Å². The molecule has 0 aliphatic carbocycles. The maximum absolute atomic E-state index is 13.2. The minimum absolute atomic E-state index is 0.0982. The van der Waals surface area contributed by atoms with Gasteiger partial charge in [-0.05, 0) is 36.1 Å². The molecule has 0 atom stereocenters. The summed E-state index contributed by atoms with van der Waals surface area (Å²) in [7, 11) is 1.82. The molecule has 1 amide bonds. The molecule has 0 unspecified atom stereocenters. The summed E-state index contributed by atoms with van der Waals surface area (Å²) in [5, 5.41) is 7.46. The number of carbonyl (C=O) groups is 1. The molecule has 4 aromatic heterocycles. The fourth-order valence-electron chi connectivity index (χ4n) is 3.15. The Kier molecular flexibility index (Phi) is 5.16. The van der Waals surface area contributed by atoms with Crippen LogP contribution < -0.4 is 0 Å². The van der Waals surface area contributed by atoms with E-state index in [0.717, 1.165) is 28.7 Å². The predicted molar refractivity (Wildman–Crippen MR) is 112 cm³/mol. The molecule has 4 aromatic rings. The monoisotopic (exact) mass is 391 g/mol. The van der Waals surface area contributed by atoms with Crippen LogP contribution in [0, 0.1) is 0 Å². The van der Waals surface area contributed by atoms with Crippen LogP contribution in [0.3, 0.4) is 0 Å². The molecule has 0 bridgehead atoms. The second-order valence-electron chi connectivity index (χ2n) is 6.56. The number of pyridine rings is 2. The molecule has 0 aliphatic heterocycles. The highest BCUT2D eigenvalue weighted by molar-refractivity contribution is 7.13. The summed E-state index contributed by atoms with van der Waals surface area (Å²) in [6.07, 6.45) is 5.45. The highest BCUT2D eigenvalue weighted by Gasteiger charge is 2.25. The van der Waals surface area contributed by atoms with Crippen LogP contribution in [0.1, 0.15) is 30.3 Å². The summed E-state index contributed by atoms with van der Waals surface area (Å²) in [5.74, 6) is 0.539. The smallest absolute Gasteiger partial charge is 0.274 e. The first-order valence-electron chi connectivity index (χ1n) is 9.29. The molecule has 0 aromatic carbocycles. The van der Waals surface area contributed by atoms with E-state index in [2.05, 4.69) is 22.0 Å². The van der Waals surface area contributed by atoms with E-state index in [4.69, 9.17) is 0 Å². The lowest BCUT2D eigenvalue weighted by Gasteiger charge is -2.15. The van der Waals surface area contributed by atoms with Crippen molar-refractivity contribution in [1.29, 1.82) is 0 Å². The Morgan fingerprint density at radius 1 is 1.14 bits per heavy atom. The molecule has 4 heterocycles. The molecule has 0 fully saturated rings. The number of hydrogen-bond donors (Lipinski definition) is 0. The standard InChI is InChI=1S/C21H21N5OS/c1-3-4-13-25(2)21(27)19-18-15(16-8-7-14-28-16)10-12-23-20(18)26(24-19)17-9-5-6-11-22-17/h5-12,14H,3-4,13H2,1-2H3. The van der Waals surface area contributed by atoms with Gasteiger partial charge < -0.3 is 4.90 Å². The number of aromatic nitrogens is 4. The van der Waals surface area contributed by atoms with E-state index in [1.807, 2.05) is 48.8 Å². The Morgan fingerprint density at radius 2 is 2.04 bits per heavy atom. The van der Waals surface area contributed by atoms with Crippen molar-refractivity contribution in [3.8, 4) is 16.3 Å². The van der Waals surface area contributed by atoms with E-state index in [1.54, 1.807) is 33.3 Å². The average molecular weight is 392 g/mol. The first-order valence-corrected chi connectivity index (χ1v) is 10.2. The van der Waals surface area contributed by atoms with E-state index < -0.39 is 0 Å². The van der Waals surface area contributed by atoms with E-state index in [-0.39, 0.29) is 5.91 Å². The number of fused-ring (bicyclic) bond motifs is 1. The number of unbranched alkanes of at least 4 members (excludes halogenated alkanes) is 1. The van der Waals surface area contributed by atoms with Gasteiger partial charge in [0.25, 0.3) is 5.91 Å². The summed E-state index contributed by atoms with van der Waals surface area (Å²) in [4.78, 5) is 25.0. The van der Waals surface area contributed by atoms with Gasteiger partial charge in [-0.1, -0.05) is 25.5 Å². The lowest BCUT2D eigenvalue weighted by molar-refractivity contribution is 0.0789. The van der Waals surface area contributed by atoms with Crippen LogP contribution in [0.15, 0.2) is 54.2 Å². The number of carbonyl (C=O) groups excluding carboxylic acids is 1. The van der Waals surface area contributed by atoms with Crippen molar-refractivity contribution in [3.63, 3.8) is 0 Å². The minimum atomic E-state index is -0.0982. The first-order chi connectivity index (χ1) is 13.7. The van der Waals surface area contributed by atoms with Crippen molar-refractivity contribution >= 4 is 28.3 Å². The van der Waals surface area contributed by atoms with Crippen molar-refractivity contribution in [2.24, 2.45) is 0 Å². The van der Waals surface area contributed by atoms with Crippen LogP contribution >= 0.6 is 11.3 Å². The Hall–Kier alpha value is -3.06. The van der Waals surface area contributed by atoms with Gasteiger partial charge in [-0.15, -0.1) is 11.3 Å². The maximum Gasteiger partial charge on any atom is 0.274 e. The largest absolute Gasteiger partial charge is 0.340 e. The van der Waals surface area contributed by atoms with Crippen LogP contribution in [0.2, 0.25) is 0 Å². The van der Waals surface area contributed by atoms with Gasteiger partial charge in [0, 0.05) is 36.4 Å². The molecular weight excluding hydrogens is 370 g/mol. The van der Waals surface area contributed by atoms with Gasteiger partial charge in [-0.2, -0.15) is 9.78 Å². The van der Waals surface area contributed by atoms with Gasteiger partial charge in [0.1, 0.15) is 0 Å². The normalized spacial score (nSPS) is 11.1. The minimum Gasteiger partial charge on any atom is -0.340 e. The zero-order valence-electron chi connectivity index (χ0n) is 15.9. The topological polar surface area (TPSA) is 63.9 Å². The highest BCUT2D eigenvalue weighted by atomic mass is 32.1. The van der Waals surface area contributed by atoms with E-state index >= 15 is 0 Å². The highest BCUT2D eigenvalue weighted by Crippen LogP contribution is 2.34. The molecule has 0 spiro atoms. The lowest BCUT2D eigenvalue weighted by atomic mass is 10.1. The van der Waals surface area contributed by atoms with Crippen molar-refractivity contribution in [2.75, 3.05) is 13.6 Å². The van der Waals surface area contributed by atoms with Gasteiger partial charge >= 0.3 is 0 Å². The Labute approximate surface area is 167 Å². The van der Waals surface area contributed by atoms with Crippen molar-refractivity contribution in [3.05, 3.63) is 59.9 Å². The summed E-state index contributed by atoms with van der Waals surface area (Å²) >= 11 is 1.63. The SMILES string of the molecule is CCCCN(C)C(=O)c1nn(-c2ccccn2)c2nccc(-c3cccs3)c12. The van der Waals surface area contributed by atoms with Crippen LogP contribution in [0.5, 0.6) is 0 Å². The Morgan fingerprint density at radius 3 is 2.75 bits per heavy atom. The maximum atomic E-state index is 13.2. The summed E-state index contributed by atoms with van der Waals surface area (Å²) in [6, 6.07) is 11.6.